The summed E-state index contributed by atoms with van der Waals surface area (Å²) in [7, 11) is 3.92. The van der Waals surface area contributed by atoms with Crippen molar-refractivity contribution in [2.45, 2.75) is 26.3 Å². The third-order valence-electron chi connectivity index (χ3n) is 5.79. The van der Waals surface area contributed by atoms with E-state index in [4.69, 9.17) is 0 Å². The van der Waals surface area contributed by atoms with Crippen LogP contribution in [0.3, 0.4) is 0 Å². The summed E-state index contributed by atoms with van der Waals surface area (Å²) < 4.78 is 1.76. The van der Waals surface area contributed by atoms with Crippen LogP contribution < -0.4 is 0 Å². The van der Waals surface area contributed by atoms with Gasteiger partial charge in [0, 0.05) is 25.1 Å². The van der Waals surface area contributed by atoms with Crippen LogP contribution in [-0.2, 0) is 9.59 Å². The minimum Gasteiger partial charge on any atom is -0.505 e. The molecule has 1 fully saturated rings. The molecule has 0 radical (unpaired) electrons. The first-order valence-electron chi connectivity index (χ1n) is 10.6. The van der Waals surface area contributed by atoms with Gasteiger partial charge in [0.2, 0.25) is 0 Å². The summed E-state index contributed by atoms with van der Waals surface area (Å²) in [6.45, 7) is 4.89. The second kappa shape index (κ2) is 8.55. The highest BCUT2D eigenvalue weighted by molar-refractivity contribution is 6.46. The summed E-state index contributed by atoms with van der Waals surface area (Å²) in [4.78, 5) is 38.5. The summed E-state index contributed by atoms with van der Waals surface area (Å²) in [5, 5.41) is 11.4. The first-order valence-corrected chi connectivity index (χ1v) is 10.6. The van der Waals surface area contributed by atoms with Crippen LogP contribution in [0.1, 0.15) is 35.0 Å². The summed E-state index contributed by atoms with van der Waals surface area (Å²) in [6, 6.07) is 6.67. The molecule has 0 aromatic carbocycles. The molecular formula is C24H27N5O3. The van der Waals surface area contributed by atoms with Crippen molar-refractivity contribution in [3.63, 3.8) is 0 Å². The van der Waals surface area contributed by atoms with Crippen LogP contribution in [0, 0.1) is 13.8 Å². The Hall–Kier alpha value is -3.52. The number of ketones is 1. The lowest BCUT2D eigenvalue weighted by atomic mass is 9.97. The van der Waals surface area contributed by atoms with Gasteiger partial charge in [-0.05, 0) is 64.2 Å². The number of aryl methyl sites for hydroxylation is 2. The molecule has 0 unspecified atom stereocenters. The van der Waals surface area contributed by atoms with Crippen molar-refractivity contribution >= 4 is 23.1 Å². The van der Waals surface area contributed by atoms with E-state index in [-0.39, 0.29) is 11.3 Å². The quantitative estimate of drug-likeness (QED) is 0.365. The molecule has 1 amide bonds. The SMILES string of the molecule is Cc1nc2c(C)cccn2c1C(O)=C1C(=O)C(=O)N(CCCN(C)C)[C@H]1c1cccnc1. The zero-order chi connectivity index (χ0) is 23.0. The van der Waals surface area contributed by atoms with E-state index < -0.39 is 17.7 Å². The first-order chi connectivity index (χ1) is 15.3. The van der Waals surface area contributed by atoms with Gasteiger partial charge in [0.1, 0.15) is 11.3 Å². The number of fused-ring (bicyclic) bond motifs is 1. The van der Waals surface area contributed by atoms with Crippen molar-refractivity contribution in [1.29, 1.82) is 0 Å². The molecule has 1 saturated heterocycles. The molecule has 3 aromatic rings. The second-order valence-electron chi connectivity index (χ2n) is 8.37. The summed E-state index contributed by atoms with van der Waals surface area (Å²) in [6.07, 6.45) is 5.77. The molecule has 1 aliphatic heterocycles. The topological polar surface area (TPSA) is 91.0 Å². The van der Waals surface area contributed by atoms with Gasteiger partial charge in [-0.2, -0.15) is 0 Å². The Morgan fingerprint density at radius 2 is 1.97 bits per heavy atom. The molecule has 1 aliphatic rings. The van der Waals surface area contributed by atoms with E-state index in [9.17, 15) is 14.7 Å². The van der Waals surface area contributed by atoms with Gasteiger partial charge in [-0.25, -0.2) is 4.98 Å². The third-order valence-corrected chi connectivity index (χ3v) is 5.79. The van der Waals surface area contributed by atoms with E-state index in [0.29, 0.717) is 35.6 Å². The van der Waals surface area contributed by atoms with Crippen molar-refractivity contribution in [2.75, 3.05) is 27.2 Å². The number of carbonyl (C=O) groups excluding carboxylic acids is 2. The lowest BCUT2D eigenvalue weighted by molar-refractivity contribution is -0.139. The fourth-order valence-corrected chi connectivity index (χ4v) is 4.28. The molecule has 4 heterocycles. The van der Waals surface area contributed by atoms with Crippen molar-refractivity contribution in [1.82, 2.24) is 24.2 Å². The number of carbonyl (C=O) groups is 2. The van der Waals surface area contributed by atoms with Crippen LogP contribution in [0.15, 0.2) is 48.4 Å². The Morgan fingerprint density at radius 3 is 2.66 bits per heavy atom. The zero-order valence-electron chi connectivity index (χ0n) is 18.7. The number of hydrogen-bond acceptors (Lipinski definition) is 6. The van der Waals surface area contributed by atoms with Crippen molar-refractivity contribution in [2.24, 2.45) is 0 Å². The smallest absolute Gasteiger partial charge is 0.295 e. The normalized spacial score (nSPS) is 18.3. The molecule has 4 rings (SSSR count). The van der Waals surface area contributed by atoms with Gasteiger partial charge in [0.15, 0.2) is 5.76 Å². The minimum absolute atomic E-state index is 0.0688. The standard InChI is InChI=1S/C24H27N5O3/c1-15-8-6-12-28-19(16(2)26-23(15)28)21(30)18-20(17-9-5-10-25-14-17)29(24(32)22(18)31)13-7-11-27(3)4/h5-6,8-10,12,14,20,30H,7,11,13H2,1-4H3/t20-/m0/s1. The summed E-state index contributed by atoms with van der Waals surface area (Å²) in [5.41, 5.74) is 3.40. The fourth-order valence-electron chi connectivity index (χ4n) is 4.28. The van der Waals surface area contributed by atoms with E-state index in [1.807, 2.05) is 44.1 Å². The van der Waals surface area contributed by atoms with Gasteiger partial charge < -0.3 is 14.9 Å². The van der Waals surface area contributed by atoms with Crippen LogP contribution in [0.4, 0.5) is 0 Å². The van der Waals surface area contributed by atoms with Gasteiger partial charge in [-0.1, -0.05) is 12.1 Å². The molecule has 0 aliphatic carbocycles. The van der Waals surface area contributed by atoms with Crippen LogP contribution >= 0.6 is 0 Å². The number of pyridine rings is 2. The van der Waals surface area contributed by atoms with Gasteiger partial charge >= 0.3 is 0 Å². The number of aliphatic hydroxyl groups excluding tert-OH is 1. The molecule has 0 bridgehead atoms. The van der Waals surface area contributed by atoms with Gasteiger partial charge in [-0.3, -0.25) is 19.0 Å². The predicted molar refractivity (Wildman–Crippen MR) is 121 cm³/mol. The highest BCUT2D eigenvalue weighted by Gasteiger charge is 2.46. The lowest BCUT2D eigenvalue weighted by Gasteiger charge is -2.25. The summed E-state index contributed by atoms with van der Waals surface area (Å²) >= 11 is 0. The van der Waals surface area contributed by atoms with E-state index >= 15 is 0 Å². The maximum Gasteiger partial charge on any atom is 0.295 e. The first kappa shape index (κ1) is 21.7. The molecule has 166 valence electrons. The van der Waals surface area contributed by atoms with Gasteiger partial charge in [-0.15, -0.1) is 0 Å². The number of Topliss-reactive ketones (excluding diaryl/α,β-unsaturated/α-hetero) is 1. The molecular weight excluding hydrogens is 406 g/mol. The Kier molecular flexibility index (Phi) is 5.80. The number of amides is 1. The molecule has 0 saturated carbocycles. The number of aliphatic hydroxyl groups is 1. The molecule has 1 N–H and O–H groups in total. The van der Waals surface area contributed by atoms with Crippen molar-refractivity contribution < 1.29 is 14.7 Å². The van der Waals surface area contributed by atoms with Crippen LogP contribution in [0.2, 0.25) is 0 Å². The molecule has 8 heteroatoms. The maximum atomic E-state index is 13.2. The zero-order valence-corrected chi connectivity index (χ0v) is 18.7. The largest absolute Gasteiger partial charge is 0.505 e. The van der Waals surface area contributed by atoms with E-state index in [1.165, 1.54) is 4.90 Å². The Bertz CT molecular complexity index is 1210. The number of likely N-dealkylation sites (tertiary alicyclic amines) is 1. The Labute approximate surface area is 186 Å². The number of imidazole rings is 1. The maximum absolute atomic E-state index is 13.2. The highest BCUT2D eigenvalue weighted by Crippen LogP contribution is 2.39. The number of hydrogen-bond donors (Lipinski definition) is 1. The minimum atomic E-state index is -0.708. The number of nitrogens with zero attached hydrogens (tertiary/aromatic N) is 5. The van der Waals surface area contributed by atoms with Crippen LogP contribution in [0.25, 0.3) is 11.4 Å². The van der Waals surface area contributed by atoms with Crippen LogP contribution in [-0.4, -0.2) is 68.2 Å². The lowest BCUT2D eigenvalue weighted by Crippen LogP contribution is -2.32. The fraction of sp³-hybridized carbons (Fsp3) is 0.333. The average molecular weight is 434 g/mol. The summed E-state index contributed by atoms with van der Waals surface area (Å²) in [5.74, 6) is -1.52. The predicted octanol–water partition coefficient (Wildman–Crippen LogP) is 2.72. The molecule has 8 nitrogen and oxygen atoms in total. The Morgan fingerprint density at radius 1 is 1.19 bits per heavy atom. The molecule has 0 spiro atoms. The monoisotopic (exact) mass is 433 g/mol. The molecule has 32 heavy (non-hydrogen) atoms. The molecule has 3 aromatic heterocycles. The van der Waals surface area contributed by atoms with E-state index in [1.54, 1.807) is 36.0 Å². The van der Waals surface area contributed by atoms with Gasteiger partial charge in [0.25, 0.3) is 11.7 Å². The van der Waals surface area contributed by atoms with Crippen molar-refractivity contribution in [3.05, 3.63) is 70.9 Å². The third kappa shape index (κ3) is 3.67. The Balaban J connectivity index is 1.88. The van der Waals surface area contributed by atoms with E-state index in [2.05, 4.69) is 9.97 Å². The van der Waals surface area contributed by atoms with Gasteiger partial charge in [0.05, 0.1) is 17.3 Å². The second-order valence-corrected chi connectivity index (χ2v) is 8.37. The number of rotatable bonds is 6. The molecule has 1 atom stereocenters. The number of aromatic nitrogens is 3. The average Bonchev–Trinajstić information content (AvgIpc) is 3.23. The van der Waals surface area contributed by atoms with Crippen LogP contribution in [0.5, 0.6) is 0 Å². The van der Waals surface area contributed by atoms with E-state index in [0.717, 1.165) is 12.1 Å². The van der Waals surface area contributed by atoms with Crippen molar-refractivity contribution in [3.8, 4) is 0 Å². The highest BCUT2D eigenvalue weighted by atomic mass is 16.3.